The minimum atomic E-state index is -0.148. The van der Waals surface area contributed by atoms with Crippen LogP contribution in [0.5, 0.6) is 0 Å². The largest absolute Gasteiger partial charge is 0.309 e. The SMILES string of the molecule is O=C(Cn1nc2ccccc2n1)Nc1ccnn1C1CCCC1. The van der Waals surface area contributed by atoms with Gasteiger partial charge in [0.15, 0.2) is 0 Å². The highest BCUT2D eigenvalue weighted by Crippen LogP contribution is 2.31. The number of hydrogen-bond donors (Lipinski definition) is 1. The second kappa shape index (κ2) is 5.83. The van der Waals surface area contributed by atoms with E-state index in [4.69, 9.17) is 0 Å². The summed E-state index contributed by atoms with van der Waals surface area (Å²) in [5, 5.41) is 15.9. The van der Waals surface area contributed by atoms with Crippen molar-refractivity contribution in [3.05, 3.63) is 36.5 Å². The number of amides is 1. The molecule has 2 aromatic heterocycles. The van der Waals surface area contributed by atoms with E-state index in [0.717, 1.165) is 29.7 Å². The zero-order valence-corrected chi connectivity index (χ0v) is 12.7. The fourth-order valence-corrected chi connectivity index (χ4v) is 3.14. The third-order valence-electron chi connectivity index (χ3n) is 4.22. The Morgan fingerprint density at radius 1 is 1.13 bits per heavy atom. The van der Waals surface area contributed by atoms with E-state index in [1.165, 1.54) is 17.6 Å². The van der Waals surface area contributed by atoms with Crippen LogP contribution >= 0.6 is 0 Å². The molecule has 7 heteroatoms. The highest BCUT2D eigenvalue weighted by atomic mass is 16.2. The number of nitrogens with zero attached hydrogens (tertiary/aromatic N) is 5. The molecule has 1 N–H and O–H groups in total. The molecular formula is C16H18N6O. The number of anilines is 1. The molecule has 0 unspecified atom stereocenters. The highest BCUT2D eigenvalue weighted by Gasteiger charge is 2.20. The standard InChI is InChI=1S/C16H18N6O/c23-16(11-21-19-13-7-3-4-8-14(13)20-21)18-15-9-10-17-22(15)12-5-1-2-6-12/h3-4,7-10,12H,1-2,5-6,11H2,(H,18,23). The topological polar surface area (TPSA) is 77.6 Å². The summed E-state index contributed by atoms with van der Waals surface area (Å²) in [6, 6.07) is 9.80. The van der Waals surface area contributed by atoms with Gasteiger partial charge in [-0.25, -0.2) is 4.68 Å². The molecular weight excluding hydrogens is 292 g/mol. The summed E-state index contributed by atoms with van der Waals surface area (Å²) < 4.78 is 1.93. The van der Waals surface area contributed by atoms with Crippen LogP contribution in [0.3, 0.4) is 0 Å². The number of benzene rings is 1. The molecule has 7 nitrogen and oxygen atoms in total. The molecule has 0 spiro atoms. The van der Waals surface area contributed by atoms with E-state index in [-0.39, 0.29) is 12.5 Å². The van der Waals surface area contributed by atoms with E-state index in [0.29, 0.717) is 6.04 Å². The molecule has 3 aromatic rings. The van der Waals surface area contributed by atoms with Crippen molar-refractivity contribution in [2.24, 2.45) is 0 Å². The summed E-state index contributed by atoms with van der Waals surface area (Å²) in [6.45, 7) is 0.0878. The summed E-state index contributed by atoms with van der Waals surface area (Å²) in [5.41, 5.74) is 1.58. The predicted octanol–water partition coefficient (Wildman–Crippen LogP) is 2.38. The van der Waals surface area contributed by atoms with Gasteiger partial charge in [0.2, 0.25) is 5.91 Å². The summed E-state index contributed by atoms with van der Waals surface area (Å²) in [4.78, 5) is 13.7. The number of rotatable bonds is 4. The first-order valence-corrected chi connectivity index (χ1v) is 7.93. The van der Waals surface area contributed by atoms with Gasteiger partial charge >= 0.3 is 0 Å². The first kappa shape index (κ1) is 13.9. The Kier molecular flexibility index (Phi) is 3.53. The lowest BCUT2D eigenvalue weighted by Gasteiger charge is -2.14. The average molecular weight is 310 g/mol. The van der Waals surface area contributed by atoms with Gasteiger partial charge in [-0.2, -0.15) is 20.1 Å². The summed E-state index contributed by atoms with van der Waals surface area (Å²) in [7, 11) is 0. The number of nitrogens with one attached hydrogen (secondary N) is 1. The van der Waals surface area contributed by atoms with Gasteiger partial charge in [0.1, 0.15) is 23.4 Å². The average Bonchev–Trinajstić information content (AvgIpc) is 3.26. The maximum atomic E-state index is 12.3. The molecule has 0 atom stereocenters. The number of aromatic nitrogens is 5. The Balaban J connectivity index is 1.47. The van der Waals surface area contributed by atoms with E-state index in [1.807, 2.05) is 35.0 Å². The fourth-order valence-electron chi connectivity index (χ4n) is 3.14. The lowest BCUT2D eigenvalue weighted by atomic mass is 10.2. The molecule has 23 heavy (non-hydrogen) atoms. The van der Waals surface area contributed by atoms with Crippen molar-refractivity contribution >= 4 is 22.8 Å². The number of carbonyl (C=O) groups excluding carboxylic acids is 1. The first-order chi connectivity index (χ1) is 11.3. The van der Waals surface area contributed by atoms with Crippen LogP contribution < -0.4 is 5.32 Å². The smallest absolute Gasteiger partial charge is 0.249 e. The maximum Gasteiger partial charge on any atom is 0.249 e. The lowest BCUT2D eigenvalue weighted by Crippen LogP contribution is -2.23. The van der Waals surface area contributed by atoms with E-state index < -0.39 is 0 Å². The molecule has 1 saturated carbocycles. The van der Waals surface area contributed by atoms with Crippen LogP contribution in [0.2, 0.25) is 0 Å². The Hall–Kier alpha value is -2.70. The van der Waals surface area contributed by atoms with Crippen LogP contribution in [0, 0.1) is 0 Å². The molecule has 118 valence electrons. The minimum absolute atomic E-state index is 0.0878. The van der Waals surface area contributed by atoms with Gasteiger partial charge in [-0.05, 0) is 25.0 Å². The molecule has 1 aliphatic rings. The predicted molar refractivity (Wildman–Crippen MR) is 85.9 cm³/mol. The van der Waals surface area contributed by atoms with Gasteiger partial charge in [0, 0.05) is 6.07 Å². The molecule has 4 rings (SSSR count). The minimum Gasteiger partial charge on any atom is -0.309 e. The van der Waals surface area contributed by atoms with Crippen LogP contribution in [0.25, 0.3) is 11.0 Å². The third-order valence-corrected chi connectivity index (χ3v) is 4.22. The van der Waals surface area contributed by atoms with E-state index in [2.05, 4.69) is 20.6 Å². The third kappa shape index (κ3) is 2.81. The van der Waals surface area contributed by atoms with Crippen LogP contribution in [-0.4, -0.2) is 30.7 Å². The van der Waals surface area contributed by atoms with Gasteiger partial charge in [0.05, 0.1) is 12.2 Å². The Bertz CT molecular complexity index is 797. The van der Waals surface area contributed by atoms with Crippen molar-refractivity contribution in [3.63, 3.8) is 0 Å². The molecule has 0 saturated heterocycles. The molecule has 1 fully saturated rings. The van der Waals surface area contributed by atoms with Gasteiger partial charge in [0.25, 0.3) is 0 Å². The Morgan fingerprint density at radius 3 is 2.52 bits per heavy atom. The second-order valence-electron chi connectivity index (χ2n) is 5.87. The number of hydrogen-bond acceptors (Lipinski definition) is 4. The van der Waals surface area contributed by atoms with Crippen LogP contribution in [0.4, 0.5) is 5.82 Å². The van der Waals surface area contributed by atoms with Gasteiger partial charge in [-0.1, -0.05) is 25.0 Å². The fraction of sp³-hybridized carbons (Fsp3) is 0.375. The van der Waals surface area contributed by atoms with Crippen LogP contribution in [-0.2, 0) is 11.3 Å². The summed E-state index contributed by atoms with van der Waals surface area (Å²) >= 11 is 0. The van der Waals surface area contributed by atoms with E-state index in [9.17, 15) is 4.79 Å². The quantitative estimate of drug-likeness (QED) is 0.802. The maximum absolute atomic E-state index is 12.3. The van der Waals surface area contributed by atoms with Crippen molar-refractivity contribution in [2.75, 3.05) is 5.32 Å². The van der Waals surface area contributed by atoms with Gasteiger partial charge < -0.3 is 5.32 Å². The molecule has 0 bridgehead atoms. The van der Waals surface area contributed by atoms with Crippen LogP contribution in [0.1, 0.15) is 31.7 Å². The highest BCUT2D eigenvalue weighted by molar-refractivity contribution is 5.89. The zero-order valence-electron chi connectivity index (χ0n) is 12.7. The van der Waals surface area contributed by atoms with Crippen molar-refractivity contribution in [1.82, 2.24) is 24.8 Å². The lowest BCUT2D eigenvalue weighted by molar-refractivity contribution is -0.117. The van der Waals surface area contributed by atoms with Crippen molar-refractivity contribution in [1.29, 1.82) is 0 Å². The monoisotopic (exact) mass is 310 g/mol. The summed E-state index contributed by atoms with van der Waals surface area (Å²) in [5.74, 6) is 0.601. The Morgan fingerprint density at radius 2 is 1.83 bits per heavy atom. The molecule has 1 amide bonds. The van der Waals surface area contributed by atoms with Crippen LogP contribution in [0.15, 0.2) is 36.5 Å². The number of fused-ring (bicyclic) bond motifs is 1. The van der Waals surface area contributed by atoms with Crippen molar-refractivity contribution < 1.29 is 4.79 Å². The van der Waals surface area contributed by atoms with Crippen molar-refractivity contribution in [2.45, 2.75) is 38.3 Å². The van der Waals surface area contributed by atoms with Gasteiger partial charge in [-0.3, -0.25) is 4.79 Å². The molecule has 2 heterocycles. The molecule has 1 aromatic carbocycles. The van der Waals surface area contributed by atoms with Crippen molar-refractivity contribution in [3.8, 4) is 0 Å². The number of carbonyl (C=O) groups is 1. The Labute approximate surface area is 133 Å². The van der Waals surface area contributed by atoms with E-state index >= 15 is 0 Å². The van der Waals surface area contributed by atoms with Gasteiger partial charge in [-0.15, -0.1) is 0 Å². The first-order valence-electron chi connectivity index (χ1n) is 7.93. The molecule has 0 radical (unpaired) electrons. The molecule has 0 aliphatic heterocycles. The molecule has 1 aliphatic carbocycles. The second-order valence-corrected chi connectivity index (χ2v) is 5.87. The normalized spacial score (nSPS) is 15.3. The summed E-state index contributed by atoms with van der Waals surface area (Å²) in [6.07, 6.45) is 6.42. The zero-order chi connectivity index (χ0) is 15.6. The van der Waals surface area contributed by atoms with E-state index in [1.54, 1.807) is 6.20 Å².